The Labute approximate surface area is 181 Å². The van der Waals surface area contributed by atoms with E-state index in [1.54, 1.807) is 7.11 Å². The second-order valence-corrected chi connectivity index (χ2v) is 9.00. The van der Waals surface area contributed by atoms with Crippen molar-refractivity contribution in [3.8, 4) is 5.75 Å². The molecule has 0 spiro atoms. The van der Waals surface area contributed by atoms with Crippen molar-refractivity contribution in [3.05, 3.63) is 65.2 Å². The van der Waals surface area contributed by atoms with Gasteiger partial charge in [-0.3, -0.25) is 9.69 Å². The third-order valence-electron chi connectivity index (χ3n) is 5.99. The molecular weight excluding hydrogens is 372 g/mol. The van der Waals surface area contributed by atoms with E-state index in [1.807, 2.05) is 12.1 Å². The number of benzene rings is 2. The van der Waals surface area contributed by atoms with Crippen LogP contribution >= 0.6 is 0 Å². The molecule has 3 rings (SSSR count). The minimum Gasteiger partial charge on any atom is -0.497 e. The van der Waals surface area contributed by atoms with E-state index in [-0.39, 0.29) is 17.9 Å². The van der Waals surface area contributed by atoms with Gasteiger partial charge >= 0.3 is 0 Å². The largest absolute Gasteiger partial charge is 0.497 e. The number of piperidine rings is 1. The number of ether oxygens (including phenoxy) is 1. The van der Waals surface area contributed by atoms with Crippen LogP contribution in [0.15, 0.2) is 48.5 Å². The van der Waals surface area contributed by atoms with E-state index in [0.717, 1.165) is 50.2 Å². The van der Waals surface area contributed by atoms with Gasteiger partial charge < -0.3 is 10.1 Å². The zero-order valence-electron chi connectivity index (χ0n) is 18.9. The molecule has 1 N–H and O–H groups in total. The van der Waals surface area contributed by atoms with Gasteiger partial charge in [-0.25, -0.2) is 0 Å². The van der Waals surface area contributed by atoms with Gasteiger partial charge in [-0.2, -0.15) is 0 Å². The van der Waals surface area contributed by atoms with Crippen LogP contribution in [-0.2, 0) is 11.3 Å². The molecule has 0 saturated carbocycles. The molecule has 4 heteroatoms. The highest BCUT2D eigenvalue weighted by Crippen LogP contribution is 2.26. The van der Waals surface area contributed by atoms with Crippen LogP contribution in [0.3, 0.4) is 0 Å². The minimum absolute atomic E-state index is 0.0497. The molecule has 1 atom stereocenters. The fraction of sp³-hybridized carbons (Fsp3) is 0.500. The number of hydrogen-bond donors (Lipinski definition) is 1. The summed E-state index contributed by atoms with van der Waals surface area (Å²) in [5, 5.41) is 3.35. The number of hydrogen-bond acceptors (Lipinski definition) is 3. The van der Waals surface area contributed by atoms with Crippen LogP contribution in [0, 0.1) is 18.8 Å². The fourth-order valence-corrected chi connectivity index (χ4v) is 4.30. The number of amides is 1. The summed E-state index contributed by atoms with van der Waals surface area (Å²) >= 11 is 0. The van der Waals surface area contributed by atoms with E-state index in [9.17, 15) is 4.79 Å². The molecule has 0 radical (unpaired) electrons. The smallest absolute Gasteiger partial charge is 0.223 e. The molecule has 1 aliphatic heterocycles. The first kappa shape index (κ1) is 22.4. The summed E-state index contributed by atoms with van der Waals surface area (Å²) in [6.45, 7) is 9.46. The first-order valence-corrected chi connectivity index (χ1v) is 11.2. The molecule has 2 aromatic rings. The highest BCUT2D eigenvalue weighted by molar-refractivity contribution is 5.79. The van der Waals surface area contributed by atoms with Crippen molar-refractivity contribution in [1.29, 1.82) is 0 Å². The zero-order valence-corrected chi connectivity index (χ0v) is 18.9. The Bertz CT molecular complexity index is 808. The number of carbonyl (C=O) groups is 1. The lowest BCUT2D eigenvalue weighted by Gasteiger charge is -2.32. The van der Waals surface area contributed by atoms with E-state index in [4.69, 9.17) is 4.74 Å². The van der Waals surface area contributed by atoms with Crippen molar-refractivity contribution in [2.45, 2.75) is 52.6 Å². The lowest BCUT2D eigenvalue weighted by molar-refractivity contribution is -0.127. The zero-order chi connectivity index (χ0) is 21.5. The van der Waals surface area contributed by atoms with Gasteiger partial charge in [0.25, 0.3) is 0 Å². The Balaban J connectivity index is 1.55. The third kappa shape index (κ3) is 6.33. The lowest BCUT2D eigenvalue weighted by Crippen LogP contribution is -2.41. The van der Waals surface area contributed by atoms with Gasteiger partial charge in [-0.05, 0) is 68.5 Å². The van der Waals surface area contributed by atoms with E-state index >= 15 is 0 Å². The van der Waals surface area contributed by atoms with E-state index in [2.05, 4.69) is 67.4 Å². The van der Waals surface area contributed by atoms with Gasteiger partial charge in [0.05, 0.1) is 13.2 Å². The van der Waals surface area contributed by atoms with Gasteiger partial charge in [0, 0.05) is 12.5 Å². The maximum absolute atomic E-state index is 13.0. The van der Waals surface area contributed by atoms with Crippen molar-refractivity contribution < 1.29 is 9.53 Å². The predicted octanol–water partition coefficient (Wildman–Crippen LogP) is 5.12. The van der Waals surface area contributed by atoms with Gasteiger partial charge in [-0.15, -0.1) is 0 Å². The molecule has 1 aliphatic rings. The van der Waals surface area contributed by atoms with Crippen molar-refractivity contribution in [3.63, 3.8) is 0 Å². The Kier molecular flexibility index (Phi) is 7.92. The van der Waals surface area contributed by atoms with Gasteiger partial charge in [0.1, 0.15) is 5.75 Å². The van der Waals surface area contributed by atoms with Gasteiger partial charge in [0.2, 0.25) is 5.91 Å². The SMILES string of the molecule is COc1ccc([C@@H](CC(C)C)NC(=O)C2CCN(Cc3cccc(C)c3)CC2)cc1. The quantitative estimate of drug-likeness (QED) is 0.659. The highest BCUT2D eigenvalue weighted by Gasteiger charge is 2.27. The van der Waals surface area contributed by atoms with Crippen LogP contribution < -0.4 is 10.1 Å². The second-order valence-electron chi connectivity index (χ2n) is 9.00. The van der Waals surface area contributed by atoms with Gasteiger partial charge in [0.15, 0.2) is 0 Å². The second kappa shape index (κ2) is 10.6. The van der Waals surface area contributed by atoms with Crippen molar-refractivity contribution in [1.82, 2.24) is 10.2 Å². The number of methoxy groups -OCH3 is 1. The lowest BCUT2D eigenvalue weighted by atomic mass is 9.92. The molecule has 162 valence electrons. The van der Waals surface area contributed by atoms with E-state index in [1.165, 1.54) is 11.1 Å². The summed E-state index contributed by atoms with van der Waals surface area (Å²) in [5.74, 6) is 1.65. The summed E-state index contributed by atoms with van der Waals surface area (Å²) in [4.78, 5) is 15.5. The Morgan fingerprint density at radius 2 is 1.83 bits per heavy atom. The van der Waals surface area contributed by atoms with Crippen LogP contribution in [0.2, 0.25) is 0 Å². The molecule has 2 aromatic carbocycles. The van der Waals surface area contributed by atoms with Crippen LogP contribution in [0.4, 0.5) is 0 Å². The number of nitrogens with zero attached hydrogens (tertiary/aromatic N) is 1. The average molecular weight is 409 g/mol. The standard InChI is InChI=1S/C26H36N2O2/c1-19(2)16-25(22-8-10-24(30-4)11-9-22)27-26(29)23-12-14-28(15-13-23)18-21-7-5-6-20(3)17-21/h5-11,17,19,23,25H,12-16,18H2,1-4H3,(H,27,29)/t25-/m1/s1. The molecule has 30 heavy (non-hydrogen) atoms. The topological polar surface area (TPSA) is 41.6 Å². The maximum atomic E-state index is 13.0. The Morgan fingerprint density at radius 3 is 2.43 bits per heavy atom. The maximum Gasteiger partial charge on any atom is 0.223 e. The Morgan fingerprint density at radius 1 is 1.13 bits per heavy atom. The minimum atomic E-state index is 0.0497. The monoisotopic (exact) mass is 408 g/mol. The molecule has 4 nitrogen and oxygen atoms in total. The van der Waals surface area contributed by atoms with E-state index in [0.29, 0.717) is 5.92 Å². The number of aryl methyl sites for hydroxylation is 1. The molecule has 0 unspecified atom stereocenters. The summed E-state index contributed by atoms with van der Waals surface area (Å²) in [5.41, 5.74) is 3.81. The van der Waals surface area contributed by atoms with Crippen molar-refractivity contribution in [2.75, 3.05) is 20.2 Å². The van der Waals surface area contributed by atoms with Gasteiger partial charge in [-0.1, -0.05) is 55.8 Å². The molecular formula is C26H36N2O2. The number of likely N-dealkylation sites (tertiary alicyclic amines) is 1. The first-order chi connectivity index (χ1) is 14.4. The summed E-state index contributed by atoms with van der Waals surface area (Å²) in [6.07, 6.45) is 2.79. The average Bonchev–Trinajstić information content (AvgIpc) is 2.73. The summed E-state index contributed by atoms with van der Waals surface area (Å²) < 4.78 is 5.27. The van der Waals surface area contributed by atoms with Crippen LogP contribution in [0.5, 0.6) is 5.75 Å². The molecule has 0 aliphatic carbocycles. The van der Waals surface area contributed by atoms with Crippen molar-refractivity contribution >= 4 is 5.91 Å². The number of rotatable bonds is 8. The normalized spacial score (nSPS) is 16.4. The molecule has 0 bridgehead atoms. The summed E-state index contributed by atoms with van der Waals surface area (Å²) in [6, 6.07) is 16.8. The molecule has 0 aromatic heterocycles. The first-order valence-electron chi connectivity index (χ1n) is 11.2. The summed E-state index contributed by atoms with van der Waals surface area (Å²) in [7, 11) is 1.67. The van der Waals surface area contributed by atoms with Crippen LogP contribution in [0.25, 0.3) is 0 Å². The Hall–Kier alpha value is -2.33. The molecule has 1 amide bonds. The van der Waals surface area contributed by atoms with Crippen LogP contribution in [0.1, 0.15) is 55.8 Å². The number of nitrogens with one attached hydrogen (secondary N) is 1. The molecule has 1 heterocycles. The van der Waals surface area contributed by atoms with E-state index < -0.39 is 0 Å². The highest BCUT2D eigenvalue weighted by atomic mass is 16.5. The molecule has 1 fully saturated rings. The fourth-order valence-electron chi connectivity index (χ4n) is 4.30. The number of carbonyl (C=O) groups excluding carboxylic acids is 1. The molecule has 1 saturated heterocycles. The third-order valence-corrected chi connectivity index (χ3v) is 5.99. The van der Waals surface area contributed by atoms with Crippen molar-refractivity contribution in [2.24, 2.45) is 11.8 Å². The predicted molar refractivity (Wildman–Crippen MR) is 123 cm³/mol. The van der Waals surface area contributed by atoms with Crippen LogP contribution in [-0.4, -0.2) is 31.0 Å².